The van der Waals surface area contributed by atoms with Crippen LogP contribution in [0.4, 0.5) is 0 Å². The predicted octanol–water partition coefficient (Wildman–Crippen LogP) is 1.91. The van der Waals surface area contributed by atoms with Crippen LogP contribution in [0.5, 0.6) is 5.75 Å². The maximum atomic E-state index is 9.94. The lowest BCUT2D eigenvalue weighted by Crippen LogP contribution is -2.27. The molecule has 4 rings (SSSR count). The first kappa shape index (κ1) is 11.4. The Bertz CT molecular complexity index is 794. The van der Waals surface area contributed by atoms with Gasteiger partial charge < -0.3 is 15.0 Å². The Morgan fingerprint density at radius 2 is 2.05 bits per heavy atom. The van der Waals surface area contributed by atoms with Crippen molar-refractivity contribution in [1.82, 2.24) is 20.1 Å². The average Bonchev–Trinajstić information content (AvgIpc) is 2.85. The Kier molecular flexibility index (Phi) is 2.47. The number of hydrogen-bond acceptors (Lipinski definition) is 4. The van der Waals surface area contributed by atoms with Crippen LogP contribution in [0.25, 0.3) is 22.3 Å². The Labute approximate surface area is 115 Å². The normalized spacial score (nSPS) is 14.4. The molecule has 2 aromatic heterocycles. The minimum Gasteiger partial charge on any atom is -0.507 e. The molecule has 0 saturated heterocycles. The first-order valence-corrected chi connectivity index (χ1v) is 6.68. The van der Waals surface area contributed by atoms with Gasteiger partial charge in [-0.3, -0.25) is 0 Å². The molecule has 0 aliphatic carbocycles. The average molecular weight is 266 g/mol. The van der Waals surface area contributed by atoms with Gasteiger partial charge >= 0.3 is 0 Å². The summed E-state index contributed by atoms with van der Waals surface area (Å²) in [5.41, 5.74) is 4.63. The first-order chi connectivity index (χ1) is 9.83. The summed E-state index contributed by atoms with van der Waals surface area (Å²) in [4.78, 5) is 0. The summed E-state index contributed by atoms with van der Waals surface area (Å²) >= 11 is 0. The second-order valence-corrected chi connectivity index (χ2v) is 4.98. The van der Waals surface area contributed by atoms with Gasteiger partial charge in [0, 0.05) is 30.9 Å². The van der Waals surface area contributed by atoms with Gasteiger partial charge in [0.25, 0.3) is 0 Å². The third kappa shape index (κ3) is 1.67. The fraction of sp³-hybridized carbons (Fsp3) is 0.200. The van der Waals surface area contributed by atoms with Crippen LogP contribution in [0.3, 0.4) is 0 Å². The molecule has 5 nitrogen and oxygen atoms in total. The number of phenols is 1. The molecule has 1 aliphatic heterocycles. The highest BCUT2D eigenvalue weighted by atomic mass is 16.3. The number of aromatic hydroxyl groups is 1. The molecule has 0 saturated carbocycles. The van der Waals surface area contributed by atoms with Crippen LogP contribution in [0.1, 0.15) is 5.69 Å². The molecular weight excluding hydrogens is 252 g/mol. The molecule has 0 fully saturated rings. The standard InChI is InChI=1S/C15H14N4O/c20-15-4-2-1-3-11(15)12-8-14-13(18-17-12)7-10-9-16-5-6-19(10)14/h1-4,7-8,16,20H,5-6,9H2. The van der Waals surface area contributed by atoms with E-state index in [1.165, 1.54) is 5.69 Å². The minimum absolute atomic E-state index is 0.230. The molecule has 1 aromatic carbocycles. The molecular formula is C15H14N4O. The quantitative estimate of drug-likeness (QED) is 0.706. The summed E-state index contributed by atoms with van der Waals surface area (Å²) in [7, 11) is 0. The van der Waals surface area contributed by atoms with E-state index in [2.05, 4.69) is 26.1 Å². The van der Waals surface area contributed by atoms with E-state index < -0.39 is 0 Å². The fourth-order valence-corrected chi connectivity index (χ4v) is 2.74. The number of para-hydroxylation sites is 1. The molecule has 1 aliphatic rings. The third-order valence-electron chi connectivity index (χ3n) is 3.74. The molecule has 0 atom stereocenters. The zero-order valence-corrected chi connectivity index (χ0v) is 10.9. The Morgan fingerprint density at radius 1 is 1.15 bits per heavy atom. The maximum Gasteiger partial charge on any atom is 0.125 e. The van der Waals surface area contributed by atoms with Crippen LogP contribution in [0, 0.1) is 0 Å². The molecule has 3 heterocycles. The summed E-state index contributed by atoms with van der Waals surface area (Å²) in [6.07, 6.45) is 0. The number of nitrogens with one attached hydrogen (secondary N) is 1. The monoisotopic (exact) mass is 266 g/mol. The molecule has 20 heavy (non-hydrogen) atoms. The zero-order chi connectivity index (χ0) is 13.5. The predicted molar refractivity (Wildman–Crippen MR) is 76.3 cm³/mol. The zero-order valence-electron chi connectivity index (χ0n) is 10.9. The molecule has 0 unspecified atom stereocenters. The van der Waals surface area contributed by atoms with Crippen molar-refractivity contribution in [2.24, 2.45) is 0 Å². The highest BCUT2D eigenvalue weighted by Crippen LogP contribution is 2.29. The molecule has 0 amide bonds. The molecule has 2 N–H and O–H groups in total. The van der Waals surface area contributed by atoms with Crippen LogP contribution in [-0.4, -0.2) is 26.4 Å². The summed E-state index contributed by atoms with van der Waals surface area (Å²) in [5, 5.41) is 21.8. The maximum absolute atomic E-state index is 9.94. The number of benzene rings is 1. The lowest BCUT2D eigenvalue weighted by Gasteiger charge is -2.17. The van der Waals surface area contributed by atoms with E-state index in [-0.39, 0.29) is 5.75 Å². The number of aromatic nitrogens is 3. The van der Waals surface area contributed by atoms with E-state index in [4.69, 9.17) is 0 Å². The first-order valence-electron chi connectivity index (χ1n) is 6.68. The Hall–Kier alpha value is -2.40. The highest BCUT2D eigenvalue weighted by molar-refractivity contribution is 5.81. The van der Waals surface area contributed by atoms with Crippen molar-refractivity contribution in [2.45, 2.75) is 13.1 Å². The highest BCUT2D eigenvalue weighted by Gasteiger charge is 2.15. The van der Waals surface area contributed by atoms with Crippen molar-refractivity contribution in [3.63, 3.8) is 0 Å². The van der Waals surface area contributed by atoms with Crippen LogP contribution in [-0.2, 0) is 13.1 Å². The smallest absolute Gasteiger partial charge is 0.125 e. The largest absolute Gasteiger partial charge is 0.507 e. The van der Waals surface area contributed by atoms with Gasteiger partial charge in [0.15, 0.2) is 0 Å². The summed E-state index contributed by atoms with van der Waals surface area (Å²) in [5.74, 6) is 0.230. The van der Waals surface area contributed by atoms with Gasteiger partial charge in [0.1, 0.15) is 11.3 Å². The van der Waals surface area contributed by atoms with Crippen molar-refractivity contribution in [3.05, 3.63) is 42.1 Å². The van der Waals surface area contributed by atoms with Gasteiger partial charge in [0.05, 0.1) is 11.2 Å². The van der Waals surface area contributed by atoms with Crippen molar-refractivity contribution in [3.8, 4) is 17.0 Å². The minimum atomic E-state index is 0.230. The van der Waals surface area contributed by atoms with Crippen molar-refractivity contribution in [2.75, 3.05) is 6.54 Å². The van der Waals surface area contributed by atoms with Gasteiger partial charge in [-0.2, -0.15) is 0 Å². The molecule has 5 heteroatoms. The molecule has 3 aromatic rings. The molecule has 0 spiro atoms. The molecule has 0 radical (unpaired) electrons. The second kappa shape index (κ2) is 4.31. The second-order valence-electron chi connectivity index (χ2n) is 4.98. The van der Waals surface area contributed by atoms with Crippen molar-refractivity contribution >= 4 is 11.0 Å². The van der Waals surface area contributed by atoms with Crippen LogP contribution < -0.4 is 5.32 Å². The lowest BCUT2D eigenvalue weighted by molar-refractivity contribution is 0.477. The number of rotatable bonds is 1. The lowest BCUT2D eigenvalue weighted by atomic mass is 10.1. The van der Waals surface area contributed by atoms with E-state index in [0.717, 1.165) is 30.7 Å². The number of fused-ring (bicyclic) bond motifs is 3. The van der Waals surface area contributed by atoms with E-state index in [1.54, 1.807) is 12.1 Å². The summed E-state index contributed by atoms with van der Waals surface area (Å²) < 4.78 is 2.27. The summed E-state index contributed by atoms with van der Waals surface area (Å²) in [6, 6.07) is 11.3. The Balaban J connectivity index is 1.92. The molecule has 100 valence electrons. The SMILES string of the molecule is Oc1ccccc1-c1cc2c(cc3n2CCNC3)nn1. The number of hydrogen-bond donors (Lipinski definition) is 2. The number of phenolic OH excluding ortho intramolecular Hbond substituents is 1. The van der Waals surface area contributed by atoms with Crippen LogP contribution in [0.15, 0.2) is 36.4 Å². The Morgan fingerprint density at radius 3 is 2.95 bits per heavy atom. The van der Waals surface area contributed by atoms with E-state index >= 15 is 0 Å². The topological polar surface area (TPSA) is 63.0 Å². The van der Waals surface area contributed by atoms with Crippen LogP contribution in [0.2, 0.25) is 0 Å². The van der Waals surface area contributed by atoms with Gasteiger partial charge in [-0.1, -0.05) is 12.1 Å². The van der Waals surface area contributed by atoms with Crippen molar-refractivity contribution < 1.29 is 5.11 Å². The van der Waals surface area contributed by atoms with E-state index in [1.807, 2.05) is 18.2 Å². The van der Waals surface area contributed by atoms with Gasteiger partial charge in [-0.05, 0) is 24.3 Å². The fourth-order valence-electron chi connectivity index (χ4n) is 2.74. The summed E-state index contributed by atoms with van der Waals surface area (Å²) in [6.45, 7) is 2.76. The van der Waals surface area contributed by atoms with Gasteiger partial charge in [0.2, 0.25) is 0 Å². The van der Waals surface area contributed by atoms with Gasteiger partial charge in [-0.15, -0.1) is 10.2 Å². The molecule has 0 bridgehead atoms. The third-order valence-corrected chi connectivity index (χ3v) is 3.74. The van der Waals surface area contributed by atoms with E-state index in [9.17, 15) is 5.11 Å². The number of nitrogens with zero attached hydrogens (tertiary/aromatic N) is 3. The van der Waals surface area contributed by atoms with Crippen LogP contribution >= 0.6 is 0 Å². The van der Waals surface area contributed by atoms with Gasteiger partial charge in [-0.25, -0.2) is 0 Å². The van der Waals surface area contributed by atoms with Crippen molar-refractivity contribution in [1.29, 1.82) is 0 Å². The van der Waals surface area contributed by atoms with E-state index in [0.29, 0.717) is 11.3 Å².